The fraction of sp³-hybridized carbons (Fsp3) is 0.667. The standard InChI is InChI=1S/C15H25N3/c1-4-15(3)7-9-18(10-8-15)14-13(11-16)6-5-12(2)17-14/h5-6H,4,7-11,16H2,1-3H3. The summed E-state index contributed by atoms with van der Waals surface area (Å²) in [5.74, 6) is 1.11. The van der Waals surface area contributed by atoms with E-state index >= 15 is 0 Å². The summed E-state index contributed by atoms with van der Waals surface area (Å²) in [6, 6.07) is 4.16. The Bertz CT molecular complexity index is 406. The first-order valence-corrected chi connectivity index (χ1v) is 6.99. The molecule has 0 saturated carbocycles. The number of hydrogen-bond acceptors (Lipinski definition) is 3. The number of anilines is 1. The Hall–Kier alpha value is -1.09. The van der Waals surface area contributed by atoms with Gasteiger partial charge in [0.15, 0.2) is 0 Å². The fourth-order valence-corrected chi connectivity index (χ4v) is 2.62. The summed E-state index contributed by atoms with van der Waals surface area (Å²) in [6.07, 6.45) is 3.78. The van der Waals surface area contributed by atoms with Crippen molar-refractivity contribution in [2.24, 2.45) is 11.1 Å². The van der Waals surface area contributed by atoms with E-state index in [0.717, 1.165) is 24.6 Å². The molecule has 1 aliphatic rings. The first-order chi connectivity index (χ1) is 8.58. The lowest BCUT2D eigenvalue weighted by atomic mass is 9.78. The molecule has 2 N–H and O–H groups in total. The van der Waals surface area contributed by atoms with Gasteiger partial charge in [0.1, 0.15) is 5.82 Å². The Kier molecular flexibility index (Phi) is 3.91. The average molecular weight is 247 g/mol. The third kappa shape index (κ3) is 2.66. The largest absolute Gasteiger partial charge is 0.356 e. The molecule has 18 heavy (non-hydrogen) atoms. The molecule has 1 saturated heterocycles. The molecule has 0 amide bonds. The van der Waals surface area contributed by atoms with Crippen molar-refractivity contribution < 1.29 is 0 Å². The van der Waals surface area contributed by atoms with Crippen LogP contribution in [0, 0.1) is 12.3 Å². The van der Waals surface area contributed by atoms with Gasteiger partial charge in [0.2, 0.25) is 0 Å². The highest BCUT2D eigenvalue weighted by Gasteiger charge is 2.29. The van der Waals surface area contributed by atoms with Crippen molar-refractivity contribution in [3.8, 4) is 0 Å². The maximum atomic E-state index is 5.82. The van der Waals surface area contributed by atoms with E-state index in [2.05, 4.69) is 29.8 Å². The Morgan fingerprint density at radius 1 is 1.33 bits per heavy atom. The van der Waals surface area contributed by atoms with Gasteiger partial charge in [0.05, 0.1) is 0 Å². The number of hydrogen-bond donors (Lipinski definition) is 1. The second-order valence-corrected chi connectivity index (χ2v) is 5.79. The highest BCUT2D eigenvalue weighted by atomic mass is 15.2. The highest BCUT2D eigenvalue weighted by molar-refractivity contribution is 5.48. The molecule has 3 heteroatoms. The smallest absolute Gasteiger partial charge is 0.133 e. The third-order valence-corrected chi connectivity index (χ3v) is 4.44. The molecule has 100 valence electrons. The van der Waals surface area contributed by atoms with Crippen molar-refractivity contribution in [2.75, 3.05) is 18.0 Å². The van der Waals surface area contributed by atoms with E-state index in [1.807, 2.05) is 13.0 Å². The molecular formula is C15H25N3. The number of aromatic nitrogens is 1. The topological polar surface area (TPSA) is 42.2 Å². The van der Waals surface area contributed by atoms with Crippen LogP contribution in [0.5, 0.6) is 0 Å². The maximum Gasteiger partial charge on any atom is 0.133 e. The molecule has 0 radical (unpaired) electrons. The Balaban J connectivity index is 2.16. The molecule has 0 spiro atoms. The van der Waals surface area contributed by atoms with Gasteiger partial charge in [-0.2, -0.15) is 0 Å². The predicted octanol–water partition coefficient (Wildman–Crippen LogP) is 2.87. The van der Waals surface area contributed by atoms with Gasteiger partial charge in [-0.1, -0.05) is 26.3 Å². The molecule has 2 heterocycles. The quantitative estimate of drug-likeness (QED) is 0.893. The van der Waals surface area contributed by atoms with Gasteiger partial charge in [-0.15, -0.1) is 0 Å². The van der Waals surface area contributed by atoms with Crippen molar-refractivity contribution in [2.45, 2.75) is 46.6 Å². The number of nitrogens with zero attached hydrogens (tertiary/aromatic N) is 2. The van der Waals surface area contributed by atoms with E-state index in [-0.39, 0.29) is 0 Å². The van der Waals surface area contributed by atoms with Gasteiger partial charge in [-0.25, -0.2) is 4.98 Å². The first kappa shape index (κ1) is 13.3. The summed E-state index contributed by atoms with van der Waals surface area (Å²) >= 11 is 0. The number of pyridine rings is 1. The van der Waals surface area contributed by atoms with E-state index in [0.29, 0.717) is 12.0 Å². The van der Waals surface area contributed by atoms with Crippen LogP contribution in [0.1, 0.15) is 44.4 Å². The van der Waals surface area contributed by atoms with Crippen LogP contribution in [0.2, 0.25) is 0 Å². The lowest BCUT2D eigenvalue weighted by molar-refractivity contribution is 0.237. The monoisotopic (exact) mass is 247 g/mol. The molecular weight excluding hydrogens is 222 g/mol. The van der Waals surface area contributed by atoms with Crippen LogP contribution in [0.15, 0.2) is 12.1 Å². The van der Waals surface area contributed by atoms with Crippen LogP contribution in [0.25, 0.3) is 0 Å². The normalized spacial score (nSPS) is 19.0. The van der Waals surface area contributed by atoms with Gasteiger partial charge < -0.3 is 10.6 Å². The summed E-state index contributed by atoms with van der Waals surface area (Å²) in [4.78, 5) is 7.10. The van der Waals surface area contributed by atoms with Crippen LogP contribution >= 0.6 is 0 Å². The second kappa shape index (κ2) is 5.27. The second-order valence-electron chi connectivity index (χ2n) is 5.79. The van der Waals surface area contributed by atoms with Gasteiger partial charge >= 0.3 is 0 Å². The van der Waals surface area contributed by atoms with Crippen LogP contribution in [0.3, 0.4) is 0 Å². The average Bonchev–Trinajstić information content (AvgIpc) is 2.39. The zero-order chi connectivity index (χ0) is 13.2. The SMILES string of the molecule is CCC1(C)CCN(c2nc(C)ccc2CN)CC1. The summed E-state index contributed by atoms with van der Waals surface area (Å²) < 4.78 is 0. The highest BCUT2D eigenvalue weighted by Crippen LogP contribution is 2.35. The van der Waals surface area contributed by atoms with Crippen LogP contribution < -0.4 is 10.6 Å². The van der Waals surface area contributed by atoms with Crippen LogP contribution in [-0.4, -0.2) is 18.1 Å². The molecule has 0 unspecified atom stereocenters. The summed E-state index contributed by atoms with van der Waals surface area (Å²) in [6.45, 7) is 9.53. The predicted molar refractivity (Wildman–Crippen MR) is 76.7 cm³/mol. The Morgan fingerprint density at radius 3 is 2.56 bits per heavy atom. The number of rotatable bonds is 3. The third-order valence-electron chi connectivity index (χ3n) is 4.44. The van der Waals surface area contributed by atoms with Gasteiger partial charge in [-0.05, 0) is 31.2 Å². The summed E-state index contributed by atoms with van der Waals surface area (Å²) in [7, 11) is 0. The minimum absolute atomic E-state index is 0.517. The summed E-state index contributed by atoms with van der Waals surface area (Å²) in [5, 5.41) is 0. The molecule has 0 atom stereocenters. The van der Waals surface area contributed by atoms with Crippen LogP contribution in [0.4, 0.5) is 5.82 Å². The molecule has 0 aromatic carbocycles. The van der Waals surface area contributed by atoms with Gasteiger partial charge in [-0.3, -0.25) is 0 Å². The molecule has 1 fully saturated rings. The zero-order valence-corrected chi connectivity index (χ0v) is 11.9. The van der Waals surface area contributed by atoms with E-state index in [4.69, 9.17) is 5.73 Å². The maximum absolute atomic E-state index is 5.82. The molecule has 2 rings (SSSR count). The molecule has 0 bridgehead atoms. The summed E-state index contributed by atoms with van der Waals surface area (Å²) in [5.41, 5.74) is 8.58. The van der Waals surface area contributed by atoms with Crippen molar-refractivity contribution in [3.05, 3.63) is 23.4 Å². The lowest BCUT2D eigenvalue weighted by Crippen LogP contribution is -2.39. The number of nitrogens with two attached hydrogens (primary N) is 1. The molecule has 3 nitrogen and oxygen atoms in total. The van der Waals surface area contributed by atoms with E-state index < -0.39 is 0 Å². The van der Waals surface area contributed by atoms with E-state index in [1.165, 1.54) is 24.8 Å². The zero-order valence-electron chi connectivity index (χ0n) is 11.9. The molecule has 1 aliphatic heterocycles. The van der Waals surface area contributed by atoms with Crippen molar-refractivity contribution in [3.63, 3.8) is 0 Å². The van der Waals surface area contributed by atoms with Crippen LogP contribution in [-0.2, 0) is 6.54 Å². The Morgan fingerprint density at radius 2 is 2.00 bits per heavy atom. The van der Waals surface area contributed by atoms with E-state index in [9.17, 15) is 0 Å². The fourth-order valence-electron chi connectivity index (χ4n) is 2.62. The van der Waals surface area contributed by atoms with Crippen molar-refractivity contribution in [1.82, 2.24) is 4.98 Å². The van der Waals surface area contributed by atoms with E-state index in [1.54, 1.807) is 0 Å². The first-order valence-electron chi connectivity index (χ1n) is 6.99. The Labute approximate surface area is 110 Å². The van der Waals surface area contributed by atoms with Gasteiger partial charge in [0, 0.05) is 30.9 Å². The van der Waals surface area contributed by atoms with Crippen molar-refractivity contribution in [1.29, 1.82) is 0 Å². The molecule has 1 aromatic heterocycles. The van der Waals surface area contributed by atoms with Gasteiger partial charge in [0.25, 0.3) is 0 Å². The number of piperidine rings is 1. The minimum Gasteiger partial charge on any atom is -0.356 e. The molecule has 0 aliphatic carbocycles. The number of aryl methyl sites for hydroxylation is 1. The molecule has 1 aromatic rings. The minimum atomic E-state index is 0.517. The van der Waals surface area contributed by atoms with Crippen molar-refractivity contribution >= 4 is 5.82 Å². The lowest BCUT2D eigenvalue weighted by Gasteiger charge is -2.40.